The lowest BCUT2D eigenvalue weighted by molar-refractivity contribution is 0.0685. The molecule has 9 heteroatoms. The van der Waals surface area contributed by atoms with Crippen molar-refractivity contribution in [1.29, 1.82) is 0 Å². The standard InChI is InChI=1S/C12H7N5O3S/c18-11(9-10(12(19)20)14-5-4-13-9)15-6-2-1-3-7-8(6)17-21-16-7/h1-5H,(H,15,18)(H,19,20). The summed E-state index contributed by atoms with van der Waals surface area (Å²) in [5.74, 6) is -1.98. The molecule has 0 fully saturated rings. The molecule has 0 aliphatic heterocycles. The average Bonchev–Trinajstić information content (AvgIpc) is 2.96. The van der Waals surface area contributed by atoms with Gasteiger partial charge in [0.25, 0.3) is 5.91 Å². The Morgan fingerprint density at radius 1 is 1.10 bits per heavy atom. The zero-order valence-corrected chi connectivity index (χ0v) is 11.2. The molecule has 2 aromatic heterocycles. The Morgan fingerprint density at radius 2 is 1.86 bits per heavy atom. The third-order valence-electron chi connectivity index (χ3n) is 2.65. The van der Waals surface area contributed by atoms with Crippen LogP contribution >= 0.6 is 11.7 Å². The van der Waals surface area contributed by atoms with E-state index >= 15 is 0 Å². The van der Waals surface area contributed by atoms with Crippen LogP contribution in [-0.2, 0) is 0 Å². The molecule has 0 unspecified atom stereocenters. The number of hydrogen-bond acceptors (Lipinski definition) is 7. The van der Waals surface area contributed by atoms with E-state index in [-0.39, 0.29) is 5.69 Å². The number of carboxylic acids is 1. The first kappa shape index (κ1) is 13.1. The van der Waals surface area contributed by atoms with Crippen molar-refractivity contribution < 1.29 is 14.7 Å². The van der Waals surface area contributed by atoms with Crippen LogP contribution in [0.15, 0.2) is 30.6 Å². The van der Waals surface area contributed by atoms with Crippen LogP contribution in [-0.4, -0.2) is 35.7 Å². The molecule has 21 heavy (non-hydrogen) atoms. The van der Waals surface area contributed by atoms with Crippen LogP contribution in [0.2, 0.25) is 0 Å². The highest BCUT2D eigenvalue weighted by Crippen LogP contribution is 2.21. The second-order valence-corrected chi connectivity index (χ2v) is 4.48. The van der Waals surface area contributed by atoms with Gasteiger partial charge in [-0.25, -0.2) is 14.8 Å². The quantitative estimate of drug-likeness (QED) is 0.751. The summed E-state index contributed by atoms with van der Waals surface area (Å²) in [6.07, 6.45) is 2.47. The first-order chi connectivity index (χ1) is 10.2. The molecule has 104 valence electrons. The SMILES string of the molecule is O=C(O)c1nccnc1C(=O)Nc1cccc2nsnc12. The molecule has 0 atom stereocenters. The van der Waals surface area contributed by atoms with Crippen LogP contribution in [0.25, 0.3) is 11.0 Å². The van der Waals surface area contributed by atoms with E-state index < -0.39 is 17.6 Å². The van der Waals surface area contributed by atoms with Gasteiger partial charge in [0.1, 0.15) is 11.0 Å². The Hall–Kier alpha value is -2.94. The highest BCUT2D eigenvalue weighted by atomic mass is 32.1. The van der Waals surface area contributed by atoms with E-state index in [1.165, 1.54) is 12.4 Å². The maximum atomic E-state index is 12.2. The summed E-state index contributed by atoms with van der Waals surface area (Å²) in [5, 5.41) is 11.6. The fraction of sp³-hybridized carbons (Fsp3) is 0. The number of rotatable bonds is 3. The van der Waals surface area contributed by atoms with Gasteiger partial charge in [0.2, 0.25) is 0 Å². The summed E-state index contributed by atoms with van der Waals surface area (Å²) < 4.78 is 8.15. The number of aromatic nitrogens is 4. The molecule has 3 rings (SSSR count). The van der Waals surface area contributed by atoms with Crippen LogP contribution in [0.4, 0.5) is 5.69 Å². The minimum atomic E-state index is -1.32. The number of carboxylic acid groups (broad SMARTS) is 1. The third-order valence-corrected chi connectivity index (χ3v) is 3.19. The summed E-state index contributed by atoms with van der Waals surface area (Å²) >= 11 is 1.02. The Morgan fingerprint density at radius 3 is 2.62 bits per heavy atom. The third kappa shape index (κ3) is 2.41. The molecule has 0 saturated heterocycles. The van der Waals surface area contributed by atoms with Gasteiger partial charge < -0.3 is 10.4 Å². The number of amides is 1. The molecule has 0 bridgehead atoms. The number of carbonyl (C=O) groups excluding carboxylic acids is 1. The van der Waals surface area contributed by atoms with Gasteiger partial charge in [-0.15, -0.1) is 0 Å². The lowest BCUT2D eigenvalue weighted by Crippen LogP contribution is -2.19. The number of fused-ring (bicyclic) bond motifs is 1. The maximum absolute atomic E-state index is 12.2. The van der Waals surface area contributed by atoms with Crippen LogP contribution in [0.3, 0.4) is 0 Å². The molecule has 0 saturated carbocycles. The van der Waals surface area contributed by atoms with E-state index in [0.29, 0.717) is 16.7 Å². The van der Waals surface area contributed by atoms with Gasteiger partial charge >= 0.3 is 5.97 Å². The van der Waals surface area contributed by atoms with Gasteiger partial charge in [0.15, 0.2) is 11.4 Å². The van der Waals surface area contributed by atoms with Crippen molar-refractivity contribution >= 4 is 40.3 Å². The second-order valence-electron chi connectivity index (χ2n) is 3.95. The minimum Gasteiger partial charge on any atom is -0.476 e. The molecule has 0 aliphatic rings. The van der Waals surface area contributed by atoms with Crippen molar-refractivity contribution in [2.24, 2.45) is 0 Å². The molecule has 0 spiro atoms. The molecular formula is C12H7N5O3S. The minimum absolute atomic E-state index is 0.259. The molecule has 1 amide bonds. The predicted molar refractivity (Wildman–Crippen MR) is 74.4 cm³/mol. The predicted octanol–water partition coefficient (Wildman–Crippen LogP) is 1.43. The Balaban J connectivity index is 1.97. The van der Waals surface area contributed by atoms with Crippen molar-refractivity contribution in [3.63, 3.8) is 0 Å². The van der Waals surface area contributed by atoms with Crippen molar-refractivity contribution in [2.45, 2.75) is 0 Å². The number of nitrogens with one attached hydrogen (secondary N) is 1. The molecule has 0 aliphatic carbocycles. The Kier molecular flexibility index (Phi) is 3.24. The van der Waals surface area contributed by atoms with Gasteiger partial charge in [-0.2, -0.15) is 8.75 Å². The lowest BCUT2D eigenvalue weighted by atomic mass is 10.2. The Bertz CT molecular complexity index is 848. The fourth-order valence-electron chi connectivity index (χ4n) is 1.75. The van der Waals surface area contributed by atoms with Gasteiger partial charge in [0, 0.05) is 12.4 Å². The molecule has 0 radical (unpaired) electrons. The van der Waals surface area contributed by atoms with Gasteiger partial charge in [-0.1, -0.05) is 6.07 Å². The first-order valence-corrected chi connectivity index (χ1v) is 6.47. The number of aromatic carboxylic acids is 1. The normalized spacial score (nSPS) is 10.5. The van der Waals surface area contributed by atoms with Gasteiger partial charge in [0.05, 0.1) is 17.4 Å². The summed E-state index contributed by atoms with van der Waals surface area (Å²) in [4.78, 5) is 30.6. The Labute approximate surface area is 121 Å². The molecule has 3 aromatic rings. The van der Waals surface area contributed by atoms with Crippen molar-refractivity contribution in [2.75, 3.05) is 5.32 Å². The van der Waals surface area contributed by atoms with Crippen molar-refractivity contribution in [3.8, 4) is 0 Å². The van der Waals surface area contributed by atoms with E-state index in [9.17, 15) is 9.59 Å². The molecule has 2 heterocycles. The smallest absolute Gasteiger partial charge is 0.356 e. The van der Waals surface area contributed by atoms with E-state index in [0.717, 1.165) is 11.7 Å². The molecule has 2 N–H and O–H groups in total. The molecule has 8 nitrogen and oxygen atoms in total. The lowest BCUT2D eigenvalue weighted by Gasteiger charge is -2.06. The van der Waals surface area contributed by atoms with E-state index in [1.807, 2.05) is 0 Å². The molecule has 1 aromatic carbocycles. The number of benzene rings is 1. The fourth-order valence-corrected chi connectivity index (χ4v) is 2.30. The van der Waals surface area contributed by atoms with Crippen molar-refractivity contribution in [1.82, 2.24) is 18.7 Å². The number of carbonyl (C=O) groups is 2. The molecular weight excluding hydrogens is 294 g/mol. The summed E-state index contributed by atoms with van der Waals surface area (Å²) in [6.45, 7) is 0. The number of nitrogens with zero attached hydrogens (tertiary/aromatic N) is 4. The average molecular weight is 301 g/mol. The summed E-state index contributed by atoms with van der Waals surface area (Å²) in [6, 6.07) is 5.13. The van der Waals surface area contributed by atoms with Crippen LogP contribution in [0.5, 0.6) is 0 Å². The van der Waals surface area contributed by atoms with Gasteiger partial charge in [-0.3, -0.25) is 4.79 Å². The van der Waals surface area contributed by atoms with Crippen LogP contribution in [0, 0.1) is 0 Å². The zero-order chi connectivity index (χ0) is 14.8. The summed E-state index contributed by atoms with van der Waals surface area (Å²) in [5.41, 5.74) is 0.962. The zero-order valence-electron chi connectivity index (χ0n) is 10.3. The topological polar surface area (TPSA) is 118 Å². The number of anilines is 1. The van der Waals surface area contributed by atoms with E-state index in [4.69, 9.17) is 5.11 Å². The van der Waals surface area contributed by atoms with Crippen LogP contribution < -0.4 is 5.32 Å². The number of hydrogen-bond donors (Lipinski definition) is 2. The summed E-state index contributed by atoms with van der Waals surface area (Å²) in [7, 11) is 0. The van der Waals surface area contributed by atoms with Crippen molar-refractivity contribution in [3.05, 3.63) is 42.0 Å². The highest BCUT2D eigenvalue weighted by Gasteiger charge is 2.20. The van der Waals surface area contributed by atoms with E-state index in [2.05, 4.69) is 24.0 Å². The monoisotopic (exact) mass is 301 g/mol. The first-order valence-electron chi connectivity index (χ1n) is 5.74. The van der Waals surface area contributed by atoms with E-state index in [1.54, 1.807) is 18.2 Å². The van der Waals surface area contributed by atoms with Gasteiger partial charge in [-0.05, 0) is 12.1 Å². The second kappa shape index (κ2) is 5.21. The highest BCUT2D eigenvalue weighted by molar-refractivity contribution is 7.00. The van der Waals surface area contributed by atoms with Crippen LogP contribution in [0.1, 0.15) is 21.0 Å². The largest absolute Gasteiger partial charge is 0.476 e. The maximum Gasteiger partial charge on any atom is 0.356 e.